The molecule has 2 aliphatic rings. The fourth-order valence-electron chi connectivity index (χ4n) is 3.20. The van der Waals surface area contributed by atoms with E-state index in [9.17, 15) is 19.5 Å². The van der Waals surface area contributed by atoms with Gasteiger partial charge in [-0.15, -0.1) is 34.4 Å². The number of thioether (sulfide) groups is 1. The van der Waals surface area contributed by atoms with Crippen LogP contribution in [0.25, 0.3) is 9.40 Å². The Bertz CT molecular complexity index is 1070. The second kappa shape index (κ2) is 7.63. The predicted octanol–water partition coefficient (Wildman–Crippen LogP) is 2.73. The highest BCUT2D eigenvalue weighted by Crippen LogP contribution is 2.40. The number of carboxylic acids is 1. The fourth-order valence-corrected chi connectivity index (χ4v) is 7.01. The summed E-state index contributed by atoms with van der Waals surface area (Å²) in [5.41, 5.74) is 0.662. The van der Waals surface area contributed by atoms with Crippen molar-refractivity contribution in [3.63, 3.8) is 0 Å². The van der Waals surface area contributed by atoms with Crippen molar-refractivity contribution >= 4 is 78.9 Å². The van der Waals surface area contributed by atoms with E-state index < -0.39 is 29.2 Å². The normalized spacial score (nSPS) is 21.8. The maximum absolute atomic E-state index is 12.9. The molecule has 4 heterocycles. The molecule has 0 bridgehead atoms. The van der Waals surface area contributed by atoms with Gasteiger partial charge in [0.1, 0.15) is 24.2 Å². The number of β-lactam (4-membered cyclic amide) rings is 1. The van der Waals surface area contributed by atoms with E-state index >= 15 is 0 Å². The molecule has 29 heavy (non-hydrogen) atoms. The van der Waals surface area contributed by atoms with Gasteiger partial charge in [0.2, 0.25) is 0 Å². The summed E-state index contributed by atoms with van der Waals surface area (Å²) in [6.07, 6.45) is 0. The number of fused-ring (bicyclic) bond motifs is 2. The summed E-state index contributed by atoms with van der Waals surface area (Å²) < 4.78 is 2.50. The van der Waals surface area contributed by atoms with E-state index in [4.69, 9.17) is 16.4 Å². The Labute approximate surface area is 182 Å². The number of amides is 2. The highest BCUT2D eigenvalue weighted by molar-refractivity contribution is 8.00. The molecule has 2 atom stereocenters. The number of carboxylic acid groups (broad SMARTS) is 1. The van der Waals surface area contributed by atoms with E-state index in [0.717, 1.165) is 9.40 Å². The molecule has 0 radical (unpaired) electrons. The molecule has 0 aliphatic carbocycles. The molecule has 1 saturated heterocycles. The third kappa shape index (κ3) is 3.41. The number of hydrogen-bond donors (Lipinski definition) is 2. The highest BCUT2D eigenvalue weighted by Gasteiger charge is 2.54. The lowest BCUT2D eigenvalue weighted by atomic mass is 10.0. The molecule has 2 aliphatic heterocycles. The van der Waals surface area contributed by atoms with Gasteiger partial charge in [-0.1, -0.05) is 16.8 Å². The number of nitrogens with zero attached hydrogens (tertiary/aromatic N) is 2. The first-order chi connectivity index (χ1) is 13.8. The largest absolute Gasteiger partial charge is 0.477 e. The van der Waals surface area contributed by atoms with Gasteiger partial charge in [-0.25, -0.2) is 4.79 Å². The Kier molecular flexibility index (Phi) is 5.32. The molecule has 152 valence electrons. The van der Waals surface area contributed by atoms with Crippen LogP contribution < -0.4 is 5.32 Å². The van der Waals surface area contributed by atoms with Crippen molar-refractivity contribution < 1.29 is 24.3 Å². The molecule has 8 nitrogen and oxygen atoms in total. The van der Waals surface area contributed by atoms with E-state index in [1.54, 1.807) is 13.0 Å². The number of rotatable bonds is 5. The van der Waals surface area contributed by atoms with E-state index in [1.165, 1.54) is 46.4 Å². The Hall–Kier alpha value is -2.08. The van der Waals surface area contributed by atoms with Crippen LogP contribution in [0.3, 0.4) is 0 Å². The van der Waals surface area contributed by atoms with Gasteiger partial charge in [-0.3, -0.25) is 14.5 Å². The van der Waals surface area contributed by atoms with Crippen LogP contribution in [0, 0.1) is 0 Å². The Morgan fingerprint density at radius 3 is 2.72 bits per heavy atom. The number of halogens is 1. The second-order valence-electron chi connectivity index (χ2n) is 6.31. The third-order valence-electron chi connectivity index (χ3n) is 4.46. The number of oxime groups is 1. The van der Waals surface area contributed by atoms with Gasteiger partial charge in [0.05, 0.1) is 9.21 Å². The first kappa shape index (κ1) is 20.2. The zero-order valence-electron chi connectivity index (χ0n) is 15.1. The van der Waals surface area contributed by atoms with Crippen LogP contribution in [0.2, 0.25) is 4.34 Å². The van der Waals surface area contributed by atoms with Crippen molar-refractivity contribution in [3.05, 3.63) is 32.6 Å². The summed E-state index contributed by atoms with van der Waals surface area (Å²) in [4.78, 5) is 43.6. The quantitative estimate of drug-likeness (QED) is 0.394. The third-order valence-corrected chi connectivity index (χ3v) is 8.31. The summed E-state index contributed by atoms with van der Waals surface area (Å²) in [5.74, 6) is -1.69. The van der Waals surface area contributed by atoms with Crippen molar-refractivity contribution in [3.8, 4) is 0 Å². The van der Waals surface area contributed by atoms with Crippen LogP contribution in [0.4, 0.5) is 0 Å². The second-order valence-corrected chi connectivity index (χ2v) is 10.2. The van der Waals surface area contributed by atoms with Crippen molar-refractivity contribution in [1.29, 1.82) is 0 Å². The summed E-state index contributed by atoms with van der Waals surface area (Å²) in [6.45, 7) is 1.68. The van der Waals surface area contributed by atoms with Crippen LogP contribution in [-0.2, 0) is 19.2 Å². The van der Waals surface area contributed by atoms with Gasteiger partial charge < -0.3 is 15.3 Å². The smallest absolute Gasteiger partial charge is 0.352 e. The lowest BCUT2D eigenvalue weighted by Gasteiger charge is -2.49. The maximum atomic E-state index is 12.9. The van der Waals surface area contributed by atoms with Gasteiger partial charge in [0.25, 0.3) is 11.8 Å². The summed E-state index contributed by atoms with van der Waals surface area (Å²) in [6, 6.07) is 2.78. The number of carbonyl (C=O) groups is 3. The van der Waals surface area contributed by atoms with Gasteiger partial charge in [0.15, 0.2) is 5.71 Å². The van der Waals surface area contributed by atoms with Crippen molar-refractivity contribution in [2.24, 2.45) is 5.16 Å². The standard InChI is InChI=1S/C17H14ClN3O5S3/c1-6-5-27-16-12(15(23)21(16)13(6)17(24)25)19-14(22)11(20-26-2)9-3-7-8(28-9)4-10(18)29-7/h3-4,12,16H,5H2,1-2H3,(H,19,22)(H,24,25)/t12?,16-/m0/s1. The number of thiophene rings is 2. The molecular formula is C17H14ClN3O5S3. The van der Waals surface area contributed by atoms with E-state index in [-0.39, 0.29) is 11.4 Å². The summed E-state index contributed by atoms with van der Waals surface area (Å²) >= 11 is 10.1. The summed E-state index contributed by atoms with van der Waals surface area (Å²) in [7, 11) is 1.33. The Morgan fingerprint density at radius 2 is 2.07 bits per heavy atom. The van der Waals surface area contributed by atoms with Crippen LogP contribution in [0.15, 0.2) is 28.6 Å². The molecule has 4 rings (SSSR count). The van der Waals surface area contributed by atoms with E-state index in [1.807, 2.05) is 6.07 Å². The molecule has 1 unspecified atom stereocenters. The number of hydrogen-bond acceptors (Lipinski definition) is 8. The summed E-state index contributed by atoms with van der Waals surface area (Å²) in [5, 5.41) is 15.5. The minimum absolute atomic E-state index is 0.00889. The SMILES string of the molecule is CON=C(C(=O)NC1C(=O)N2C(C(=O)O)=C(C)CS[C@@H]12)c1cc2sc(Cl)cc2s1. The molecule has 2 aromatic rings. The molecule has 0 spiro atoms. The lowest BCUT2D eigenvalue weighted by Crippen LogP contribution is -2.71. The van der Waals surface area contributed by atoms with Crippen molar-refractivity contribution in [2.45, 2.75) is 18.3 Å². The first-order valence-corrected chi connectivity index (χ1v) is 11.4. The van der Waals surface area contributed by atoms with Crippen LogP contribution in [0.1, 0.15) is 11.8 Å². The fraction of sp³-hybridized carbons (Fsp3) is 0.294. The minimum atomic E-state index is -1.15. The topological polar surface area (TPSA) is 108 Å². The first-order valence-electron chi connectivity index (χ1n) is 8.30. The van der Waals surface area contributed by atoms with Gasteiger partial charge >= 0.3 is 5.97 Å². The van der Waals surface area contributed by atoms with Crippen LogP contribution in [0.5, 0.6) is 0 Å². The number of nitrogens with one attached hydrogen (secondary N) is 1. The average molecular weight is 472 g/mol. The molecule has 2 N–H and O–H groups in total. The predicted molar refractivity (Wildman–Crippen MR) is 114 cm³/mol. The van der Waals surface area contributed by atoms with Crippen LogP contribution >= 0.6 is 46.0 Å². The molecule has 0 saturated carbocycles. The van der Waals surface area contributed by atoms with Crippen molar-refractivity contribution in [2.75, 3.05) is 12.9 Å². The van der Waals surface area contributed by atoms with Gasteiger partial charge in [-0.2, -0.15) is 0 Å². The van der Waals surface area contributed by atoms with Crippen LogP contribution in [-0.4, -0.2) is 57.8 Å². The Morgan fingerprint density at radius 1 is 1.34 bits per heavy atom. The Balaban J connectivity index is 1.55. The molecule has 0 aromatic carbocycles. The highest BCUT2D eigenvalue weighted by atomic mass is 35.5. The zero-order chi connectivity index (χ0) is 20.9. The van der Waals surface area contributed by atoms with E-state index in [0.29, 0.717) is 20.5 Å². The lowest BCUT2D eigenvalue weighted by molar-refractivity contribution is -0.150. The van der Waals surface area contributed by atoms with Gasteiger partial charge in [0, 0.05) is 15.2 Å². The van der Waals surface area contributed by atoms with E-state index in [2.05, 4.69) is 10.5 Å². The molecule has 2 amide bonds. The molecular weight excluding hydrogens is 458 g/mol. The number of carbonyl (C=O) groups excluding carboxylic acids is 2. The number of aliphatic carboxylic acids is 1. The van der Waals surface area contributed by atoms with Gasteiger partial charge in [-0.05, 0) is 24.6 Å². The molecule has 2 aromatic heterocycles. The molecule has 1 fully saturated rings. The molecule has 12 heteroatoms. The average Bonchev–Trinajstić information content (AvgIpc) is 3.20. The minimum Gasteiger partial charge on any atom is -0.477 e. The zero-order valence-corrected chi connectivity index (χ0v) is 18.3. The monoisotopic (exact) mass is 471 g/mol. The van der Waals surface area contributed by atoms with Crippen molar-refractivity contribution in [1.82, 2.24) is 10.2 Å². The maximum Gasteiger partial charge on any atom is 0.352 e.